The van der Waals surface area contributed by atoms with Gasteiger partial charge in [0.05, 0.1) is 32.0 Å². The van der Waals surface area contributed by atoms with Gasteiger partial charge in [-0.15, -0.1) is 0 Å². The Bertz CT molecular complexity index is 635. The van der Waals surface area contributed by atoms with Crippen molar-refractivity contribution in [1.29, 1.82) is 0 Å². The highest BCUT2D eigenvalue weighted by molar-refractivity contribution is 5.20. The maximum atomic E-state index is 11.2. The summed E-state index contributed by atoms with van der Waals surface area (Å²) in [5.41, 5.74) is 1.02. The molecule has 3 fully saturated rings. The van der Waals surface area contributed by atoms with Crippen LogP contribution in [0.2, 0.25) is 0 Å². The van der Waals surface area contributed by atoms with Crippen LogP contribution in [0, 0.1) is 0 Å². The number of ether oxygens (including phenoxy) is 4. The quantitative estimate of drug-likeness (QED) is 0.757. The van der Waals surface area contributed by atoms with E-state index in [0.29, 0.717) is 32.6 Å². The van der Waals surface area contributed by atoms with Crippen LogP contribution in [0.15, 0.2) is 30.3 Å². The summed E-state index contributed by atoms with van der Waals surface area (Å²) in [5, 5.41) is 21.4. The molecule has 0 saturated carbocycles. The van der Waals surface area contributed by atoms with Gasteiger partial charge in [-0.2, -0.15) is 0 Å². The third-order valence-electron chi connectivity index (χ3n) is 5.92. The third-order valence-corrected chi connectivity index (χ3v) is 5.92. The molecular formula is C21H31NO6. The first-order valence-electron chi connectivity index (χ1n) is 10.2. The molecule has 0 aliphatic carbocycles. The highest BCUT2D eigenvalue weighted by Gasteiger charge is 2.53. The standard InChI is InChI=1S/C21H31NO6/c1-21(2)27-17-12-22(16(13-23)14-6-4-3-5-7-14)15(19(24)20(17)28-21)8-9-18-25-10-11-26-18/h3-7,15-20,23-24H,8-13H2,1-2H3/t15-,16+,17-,19-,20-/m0/s1. The number of hydrogen-bond donors (Lipinski definition) is 2. The Morgan fingerprint density at radius 1 is 1.11 bits per heavy atom. The van der Waals surface area contributed by atoms with Gasteiger partial charge in [-0.1, -0.05) is 30.3 Å². The van der Waals surface area contributed by atoms with Gasteiger partial charge in [-0.3, -0.25) is 4.90 Å². The molecule has 7 heteroatoms. The zero-order valence-electron chi connectivity index (χ0n) is 16.6. The summed E-state index contributed by atoms with van der Waals surface area (Å²) in [4.78, 5) is 2.17. The molecule has 5 atom stereocenters. The highest BCUT2D eigenvalue weighted by Crippen LogP contribution is 2.40. The lowest BCUT2D eigenvalue weighted by molar-refractivity contribution is -0.156. The van der Waals surface area contributed by atoms with Crippen LogP contribution in [0.4, 0.5) is 0 Å². The van der Waals surface area contributed by atoms with Crippen LogP contribution in [-0.4, -0.2) is 77.9 Å². The Kier molecular flexibility index (Phi) is 6.04. The predicted octanol–water partition coefficient (Wildman–Crippen LogP) is 1.44. The molecule has 2 N–H and O–H groups in total. The fraction of sp³-hybridized carbons (Fsp3) is 0.714. The Morgan fingerprint density at radius 2 is 1.82 bits per heavy atom. The first kappa shape index (κ1) is 20.2. The molecule has 1 aromatic rings. The van der Waals surface area contributed by atoms with Crippen molar-refractivity contribution in [3.05, 3.63) is 35.9 Å². The van der Waals surface area contributed by atoms with Crippen molar-refractivity contribution in [3.63, 3.8) is 0 Å². The van der Waals surface area contributed by atoms with Gasteiger partial charge in [-0.05, 0) is 32.3 Å². The van der Waals surface area contributed by atoms with Crippen LogP contribution in [0.25, 0.3) is 0 Å². The summed E-state index contributed by atoms with van der Waals surface area (Å²) in [6, 6.07) is 9.50. The summed E-state index contributed by atoms with van der Waals surface area (Å²) in [6.45, 7) is 5.52. The van der Waals surface area contributed by atoms with E-state index >= 15 is 0 Å². The molecule has 3 aliphatic rings. The average Bonchev–Trinajstić information content (AvgIpc) is 3.29. The molecule has 3 heterocycles. The molecule has 0 radical (unpaired) electrons. The van der Waals surface area contributed by atoms with Crippen molar-refractivity contribution in [3.8, 4) is 0 Å². The molecular weight excluding hydrogens is 362 g/mol. The molecule has 1 aromatic carbocycles. The predicted molar refractivity (Wildman–Crippen MR) is 102 cm³/mol. The highest BCUT2D eigenvalue weighted by atomic mass is 16.8. The lowest BCUT2D eigenvalue weighted by Crippen LogP contribution is -2.61. The van der Waals surface area contributed by atoms with E-state index in [4.69, 9.17) is 18.9 Å². The Morgan fingerprint density at radius 3 is 2.50 bits per heavy atom. The first-order valence-corrected chi connectivity index (χ1v) is 10.2. The number of aliphatic hydroxyl groups is 2. The van der Waals surface area contributed by atoms with Gasteiger partial charge in [-0.25, -0.2) is 0 Å². The lowest BCUT2D eigenvalue weighted by Gasteiger charge is -2.47. The van der Waals surface area contributed by atoms with E-state index in [1.807, 2.05) is 44.2 Å². The largest absolute Gasteiger partial charge is 0.394 e. The van der Waals surface area contributed by atoms with E-state index in [1.165, 1.54) is 0 Å². The van der Waals surface area contributed by atoms with E-state index in [2.05, 4.69) is 4.90 Å². The number of piperidine rings is 1. The molecule has 7 nitrogen and oxygen atoms in total. The molecule has 28 heavy (non-hydrogen) atoms. The molecule has 0 aromatic heterocycles. The van der Waals surface area contributed by atoms with Gasteiger partial charge in [0.25, 0.3) is 0 Å². The first-order chi connectivity index (χ1) is 13.5. The van der Waals surface area contributed by atoms with Crippen molar-refractivity contribution in [1.82, 2.24) is 4.90 Å². The molecule has 3 saturated heterocycles. The minimum Gasteiger partial charge on any atom is -0.394 e. The number of fused-ring (bicyclic) bond motifs is 1. The minimum absolute atomic E-state index is 0.0364. The minimum atomic E-state index is -0.726. The van der Waals surface area contributed by atoms with Gasteiger partial charge in [0.1, 0.15) is 12.2 Å². The van der Waals surface area contributed by atoms with E-state index in [-0.39, 0.29) is 37.2 Å². The van der Waals surface area contributed by atoms with Gasteiger partial charge in [0, 0.05) is 12.6 Å². The molecule has 3 aliphatic heterocycles. The fourth-order valence-corrected chi connectivity index (χ4v) is 4.70. The third kappa shape index (κ3) is 4.11. The Hall–Kier alpha value is -1.06. The van der Waals surface area contributed by atoms with Crippen molar-refractivity contribution in [2.75, 3.05) is 26.4 Å². The lowest BCUT2D eigenvalue weighted by atomic mass is 9.88. The smallest absolute Gasteiger partial charge is 0.163 e. The van der Waals surface area contributed by atoms with Gasteiger partial charge < -0.3 is 29.2 Å². The van der Waals surface area contributed by atoms with Gasteiger partial charge in [0.15, 0.2) is 12.1 Å². The van der Waals surface area contributed by atoms with Crippen molar-refractivity contribution < 1.29 is 29.2 Å². The van der Waals surface area contributed by atoms with Gasteiger partial charge >= 0.3 is 0 Å². The molecule has 156 valence electrons. The zero-order valence-corrected chi connectivity index (χ0v) is 16.6. The molecule has 0 spiro atoms. The van der Waals surface area contributed by atoms with E-state index in [1.54, 1.807) is 0 Å². The van der Waals surface area contributed by atoms with Crippen LogP contribution in [0.3, 0.4) is 0 Å². The fourth-order valence-electron chi connectivity index (χ4n) is 4.70. The monoisotopic (exact) mass is 393 g/mol. The maximum Gasteiger partial charge on any atom is 0.163 e. The van der Waals surface area contributed by atoms with E-state index in [9.17, 15) is 10.2 Å². The number of nitrogens with zero attached hydrogens (tertiary/aromatic N) is 1. The molecule has 0 unspecified atom stereocenters. The number of aliphatic hydroxyl groups excluding tert-OH is 2. The number of rotatable bonds is 6. The summed E-state index contributed by atoms with van der Waals surface area (Å²) < 4.78 is 23.2. The van der Waals surface area contributed by atoms with Crippen molar-refractivity contribution in [2.24, 2.45) is 0 Å². The Balaban J connectivity index is 1.57. The number of likely N-dealkylation sites (tertiary alicyclic amines) is 1. The van der Waals surface area contributed by atoms with Crippen LogP contribution >= 0.6 is 0 Å². The maximum absolute atomic E-state index is 11.2. The van der Waals surface area contributed by atoms with Crippen LogP contribution in [0.5, 0.6) is 0 Å². The van der Waals surface area contributed by atoms with Crippen molar-refractivity contribution >= 4 is 0 Å². The van der Waals surface area contributed by atoms with Crippen LogP contribution < -0.4 is 0 Å². The number of benzene rings is 1. The summed E-state index contributed by atoms with van der Waals surface area (Å²) >= 11 is 0. The topological polar surface area (TPSA) is 80.6 Å². The molecule has 4 rings (SSSR count). The second kappa shape index (κ2) is 8.36. The normalized spacial score (nSPS) is 34.4. The van der Waals surface area contributed by atoms with E-state index in [0.717, 1.165) is 5.56 Å². The average molecular weight is 393 g/mol. The number of hydrogen-bond acceptors (Lipinski definition) is 7. The second-order valence-electron chi connectivity index (χ2n) is 8.25. The van der Waals surface area contributed by atoms with Crippen molar-refractivity contribution in [2.45, 2.75) is 69.2 Å². The molecule has 0 amide bonds. The Labute approximate surface area is 166 Å². The molecule has 0 bridgehead atoms. The summed E-state index contributed by atoms with van der Waals surface area (Å²) in [5.74, 6) is -0.726. The SMILES string of the molecule is CC1(C)O[C@@H]2[C@@H](O)[C@H](CCC3OCCO3)N([C@H](CO)c3ccccc3)C[C@@H]2O1. The zero-order chi connectivity index (χ0) is 19.7. The van der Waals surface area contributed by atoms with E-state index < -0.39 is 11.9 Å². The summed E-state index contributed by atoms with van der Waals surface area (Å²) in [6.07, 6.45) is -0.197. The second-order valence-corrected chi connectivity index (χ2v) is 8.25. The summed E-state index contributed by atoms with van der Waals surface area (Å²) in [7, 11) is 0. The van der Waals surface area contributed by atoms with Crippen LogP contribution in [-0.2, 0) is 18.9 Å². The van der Waals surface area contributed by atoms with Crippen LogP contribution in [0.1, 0.15) is 38.3 Å². The van der Waals surface area contributed by atoms with Gasteiger partial charge in [0.2, 0.25) is 0 Å².